The molecule has 1 aromatic carbocycles. The van der Waals surface area contributed by atoms with Crippen molar-refractivity contribution in [2.75, 3.05) is 5.32 Å². The van der Waals surface area contributed by atoms with Crippen LogP contribution in [-0.4, -0.2) is 21.9 Å². The first-order valence-corrected chi connectivity index (χ1v) is 6.92. The van der Waals surface area contributed by atoms with Crippen LogP contribution in [0.25, 0.3) is 0 Å². The summed E-state index contributed by atoms with van der Waals surface area (Å²) in [5.41, 5.74) is 0.472. The number of carbonyl (C=O) groups excluding carboxylic acids is 1. The SMILES string of the molecule is CC(C)(C)OC(=O)Nc1cc(OCc2ccccc2)cnn1. The second kappa shape index (κ2) is 6.89. The van der Waals surface area contributed by atoms with Crippen LogP contribution in [0.15, 0.2) is 42.6 Å². The molecule has 0 fully saturated rings. The van der Waals surface area contributed by atoms with E-state index in [9.17, 15) is 4.79 Å². The summed E-state index contributed by atoms with van der Waals surface area (Å²) in [5.74, 6) is 0.796. The average molecular weight is 301 g/mol. The Hall–Kier alpha value is -2.63. The van der Waals surface area contributed by atoms with E-state index in [1.54, 1.807) is 26.8 Å². The first-order chi connectivity index (χ1) is 10.4. The van der Waals surface area contributed by atoms with E-state index in [1.807, 2.05) is 30.3 Å². The maximum Gasteiger partial charge on any atom is 0.413 e. The van der Waals surface area contributed by atoms with Crippen LogP contribution >= 0.6 is 0 Å². The number of amides is 1. The number of rotatable bonds is 4. The van der Waals surface area contributed by atoms with Gasteiger partial charge in [0.1, 0.15) is 18.0 Å². The predicted octanol–water partition coefficient (Wildman–Crippen LogP) is 3.40. The summed E-state index contributed by atoms with van der Waals surface area (Å²) in [5, 5.41) is 10.1. The molecule has 22 heavy (non-hydrogen) atoms. The fourth-order valence-electron chi connectivity index (χ4n) is 1.64. The third-order valence-corrected chi connectivity index (χ3v) is 2.51. The number of nitrogens with one attached hydrogen (secondary N) is 1. The highest BCUT2D eigenvalue weighted by molar-refractivity contribution is 5.83. The van der Waals surface area contributed by atoms with Crippen LogP contribution in [0.3, 0.4) is 0 Å². The molecule has 0 aliphatic carbocycles. The molecule has 0 radical (unpaired) electrons. The molecule has 1 heterocycles. The lowest BCUT2D eigenvalue weighted by Gasteiger charge is -2.19. The number of hydrogen-bond donors (Lipinski definition) is 1. The van der Waals surface area contributed by atoms with Gasteiger partial charge in [0.2, 0.25) is 0 Å². The predicted molar refractivity (Wildman–Crippen MR) is 82.7 cm³/mol. The topological polar surface area (TPSA) is 73.3 Å². The lowest BCUT2D eigenvalue weighted by atomic mass is 10.2. The van der Waals surface area contributed by atoms with Crippen LogP contribution < -0.4 is 10.1 Å². The molecule has 0 unspecified atom stereocenters. The molecule has 2 aromatic rings. The third-order valence-electron chi connectivity index (χ3n) is 2.51. The molecule has 2 rings (SSSR count). The Morgan fingerprint density at radius 1 is 1.23 bits per heavy atom. The Bertz CT molecular complexity index is 624. The third kappa shape index (κ3) is 5.40. The summed E-state index contributed by atoms with van der Waals surface area (Å²) in [4.78, 5) is 11.7. The Labute approximate surface area is 129 Å². The van der Waals surface area contributed by atoms with Crippen LogP contribution in [-0.2, 0) is 11.3 Å². The van der Waals surface area contributed by atoms with Gasteiger partial charge in [-0.1, -0.05) is 30.3 Å². The fourth-order valence-corrected chi connectivity index (χ4v) is 1.64. The van der Waals surface area contributed by atoms with Crippen molar-refractivity contribution in [1.29, 1.82) is 0 Å². The standard InChI is InChI=1S/C16H19N3O3/c1-16(2,3)22-15(20)18-14-9-13(10-17-19-14)21-11-12-7-5-4-6-8-12/h4-10H,11H2,1-3H3,(H,18,19,20). The normalized spacial score (nSPS) is 10.9. The van der Waals surface area contributed by atoms with Gasteiger partial charge in [-0.15, -0.1) is 5.10 Å². The Morgan fingerprint density at radius 2 is 1.95 bits per heavy atom. The van der Waals surface area contributed by atoms with E-state index in [0.29, 0.717) is 12.4 Å². The summed E-state index contributed by atoms with van der Waals surface area (Å²) < 4.78 is 10.8. The van der Waals surface area contributed by atoms with Gasteiger partial charge in [-0.25, -0.2) is 4.79 Å². The summed E-state index contributed by atoms with van der Waals surface area (Å²) >= 11 is 0. The first kappa shape index (κ1) is 15.8. The van der Waals surface area contributed by atoms with Crippen molar-refractivity contribution in [1.82, 2.24) is 10.2 Å². The molecule has 116 valence electrons. The summed E-state index contributed by atoms with van der Waals surface area (Å²) in [6, 6.07) is 11.4. The van der Waals surface area contributed by atoms with Gasteiger partial charge in [0, 0.05) is 6.07 Å². The van der Waals surface area contributed by atoms with Crippen LogP contribution in [0.1, 0.15) is 26.3 Å². The van der Waals surface area contributed by atoms with Crippen LogP contribution in [0, 0.1) is 0 Å². The molecule has 0 atom stereocenters. The highest BCUT2D eigenvalue weighted by Crippen LogP contribution is 2.16. The molecule has 0 spiro atoms. The van der Waals surface area contributed by atoms with E-state index in [1.165, 1.54) is 6.20 Å². The number of anilines is 1. The molecule has 1 N–H and O–H groups in total. The minimum atomic E-state index is -0.581. The minimum absolute atomic E-state index is 0.278. The largest absolute Gasteiger partial charge is 0.487 e. The van der Waals surface area contributed by atoms with Gasteiger partial charge in [-0.2, -0.15) is 5.10 Å². The van der Waals surface area contributed by atoms with Crippen molar-refractivity contribution in [2.45, 2.75) is 33.0 Å². The van der Waals surface area contributed by atoms with E-state index < -0.39 is 11.7 Å². The zero-order valence-corrected chi connectivity index (χ0v) is 12.9. The number of hydrogen-bond acceptors (Lipinski definition) is 5. The quantitative estimate of drug-likeness (QED) is 0.937. The van der Waals surface area contributed by atoms with E-state index in [0.717, 1.165) is 5.56 Å². The summed E-state index contributed by atoms with van der Waals surface area (Å²) in [6.45, 7) is 5.78. The van der Waals surface area contributed by atoms with Crippen molar-refractivity contribution >= 4 is 11.9 Å². The van der Waals surface area contributed by atoms with Crippen molar-refractivity contribution in [2.24, 2.45) is 0 Å². The molecule has 6 nitrogen and oxygen atoms in total. The van der Waals surface area contributed by atoms with Crippen molar-refractivity contribution in [3.05, 3.63) is 48.2 Å². The molecule has 1 amide bonds. The van der Waals surface area contributed by atoms with Gasteiger partial charge in [0.15, 0.2) is 5.82 Å². The molecule has 6 heteroatoms. The number of ether oxygens (including phenoxy) is 2. The highest BCUT2D eigenvalue weighted by atomic mass is 16.6. The lowest BCUT2D eigenvalue weighted by Crippen LogP contribution is -2.27. The zero-order chi connectivity index (χ0) is 16.0. The maximum atomic E-state index is 11.7. The number of aromatic nitrogens is 2. The molecule has 0 aliphatic rings. The maximum absolute atomic E-state index is 11.7. The van der Waals surface area contributed by atoms with Gasteiger partial charge >= 0.3 is 6.09 Å². The molecule has 0 saturated carbocycles. The lowest BCUT2D eigenvalue weighted by molar-refractivity contribution is 0.0635. The van der Waals surface area contributed by atoms with Crippen molar-refractivity contribution in [3.8, 4) is 5.75 Å². The van der Waals surface area contributed by atoms with Crippen LogP contribution in [0.5, 0.6) is 5.75 Å². The second-order valence-electron chi connectivity index (χ2n) is 5.68. The molecular formula is C16H19N3O3. The first-order valence-electron chi connectivity index (χ1n) is 6.92. The summed E-state index contributed by atoms with van der Waals surface area (Å²) in [7, 11) is 0. The van der Waals surface area contributed by atoms with Crippen molar-refractivity contribution in [3.63, 3.8) is 0 Å². The van der Waals surface area contributed by atoms with E-state index in [2.05, 4.69) is 15.5 Å². The number of carbonyl (C=O) groups is 1. The smallest absolute Gasteiger partial charge is 0.413 e. The minimum Gasteiger partial charge on any atom is -0.487 e. The summed E-state index contributed by atoms with van der Waals surface area (Å²) in [6.07, 6.45) is 0.908. The molecule has 0 aliphatic heterocycles. The van der Waals surface area contributed by atoms with Gasteiger partial charge in [-0.3, -0.25) is 5.32 Å². The Kier molecular flexibility index (Phi) is 4.93. The van der Waals surface area contributed by atoms with E-state index >= 15 is 0 Å². The van der Waals surface area contributed by atoms with Gasteiger partial charge in [0.05, 0.1) is 6.20 Å². The van der Waals surface area contributed by atoms with Crippen LogP contribution in [0.2, 0.25) is 0 Å². The Morgan fingerprint density at radius 3 is 2.64 bits per heavy atom. The van der Waals surface area contributed by atoms with Crippen molar-refractivity contribution < 1.29 is 14.3 Å². The van der Waals surface area contributed by atoms with Gasteiger partial charge in [-0.05, 0) is 26.3 Å². The van der Waals surface area contributed by atoms with Crippen LogP contribution in [0.4, 0.5) is 10.6 Å². The van der Waals surface area contributed by atoms with E-state index in [4.69, 9.17) is 9.47 Å². The molecule has 0 saturated heterocycles. The fraction of sp³-hybridized carbons (Fsp3) is 0.312. The second-order valence-corrected chi connectivity index (χ2v) is 5.68. The molecule has 0 bridgehead atoms. The number of nitrogens with zero attached hydrogens (tertiary/aromatic N) is 2. The molecule has 1 aromatic heterocycles. The molecular weight excluding hydrogens is 282 g/mol. The van der Waals surface area contributed by atoms with Gasteiger partial charge in [0.25, 0.3) is 0 Å². The highest BCUT2D eigenvalue weighted by Gasteiger charge is 2.16. The van der Waals surface area contributed by atoms with E-state index in [-0.39, 0.29) is 5.82 Å². The van der Waals surface area contributed by atoms with Gasteiger partial charge < -0.3 is 9.47 Å². The number of benzene rings is 1. The zero-order valence-electron chi connectivity index (χ0n) is 12.9. The average Bonchev–Trinajstić information content (AvgIpc) is 2.44. The Balaban J connectivity index is 1.94. The monoisotopic (exact) mass is 301 g/mol.